The van der Waals surface area contributed by atoms with E-state index in [-0.39, 0.29) is 6.10 Å². The lowest BCUT2D eigenvalue weighted by atomic mass is 10.1. The Morgan fingerprint density at radius 2 is 2.12 bits per heavy atom. The van der Waals surface area contributed by atoms with E-state index < -0.39 is 6.17 Å². The molecule has 1 aromatic carbocycles. The molecule has 1 fully saturated rings. The average molecular weight is 223 g/mol. The summed E-state index contributed by atoms with van der Waals surface area (Å²) in [5.41, 5.74) is 1.24. The number of piperidine rings is 1. The van der Waals surface area contributed by atoms with Crippen molar-refractivity contribution in [1.82, 2.24) is 4.90 Å². The van der Waals surface area contributed by atoms with Gasteiger partial charge in [0, 0.05) is 26.7 Å². The fourth-order valence-corrected chi connectivity index (χ4v) is 2.20. The zero-order chi connectivity index (χ0) is 11.4. The largest absolute Gasteiger partial charge is 0.378 e. The van der Waals surface area contributed by atoms with Gasteiger partial charge in [-0.3, -0.25) is 4.90 Å². The Morgan fingerprint density at radius 1 is 1.38 bits per heavy atom. The third-order valence-electron chi connectivity index (χ3n) is 3.12. The van der Waals surface area contributed by atoms with E-state index in [1.54, 1.807) is 7.11 Å². The molecule has 2 unspecified atom stereocenters. The van der Waals surface area contributed by atoms with Gasteiger partial charge in [0.15, 0.2) is 0 Å². The summed E-state index contributed by atoms with van der Waals surface area (Å²) >= 11 is 0. The van der Waals surface area contributed by atoms with Gasteiger partial charge in [-0.05, 0) is 12.0 Å². The first-order valence-corrected chi connectivity index (χ1v) is 5.72. The van der Waals surface area contributed by atoms with Crippen LogP contribution in [0, 0.1) is 0 Å². The Labute approximate surface area is 96.0 Å². The van der Waals surface area contributed by atoms with Crippen molar-refractivity contribution >= 4 is 0 Å². The van der Waals surface area contributed by atoms with Crippen LogP contribution >= 0.6 is 0 Å². The molecule has 1 aliphatic rings. The quantitative estimate of drug-likeness (QED) is 0.779. The van der Waals surface area contributed by atoms with Crippen molar-refractivity contribution in [3.05, 3.63) is 35.9 Å². The number of benzene rings is 1. The second-order valence-corrected chi connectivity index (χ2v) is 4.30. The van der Waals surface area contributed by atoms with Gasteiger partial charge in [0.05, 0.1) is 6.10 Å². The third-order valence-corrected chi connectivity index (χ3v) is 3.12. The Morgan fingerprint density at radius 3 is 2.75 bits per heavy atom. The van der Waals surface area contributed by atoms with Crippen LogP contribution in [0.5, 0.6) is 0 Å². The van der Waals surface area contributed by atoms with E-state index in [0.717, 1.165) is 19.5 Å². The molecule has 1 aromatic rings. The minimum atomic E-state index is -0.859. The zero-order valence-corrected chi connectivity index (χ0v) is 9.60. The molecule has 1 saturated heterocycles. The molecule has 3 heteroatoms. The molecule has 0 aliphatic carbocycles. The van der Waals surface area contributed by atoms with Gasteiger partial charge < -0.3 is 4.74 Å². The SMILES string of the molecule is COC1CCN(Cc2ccccc2)CC1F. The van der Waals surface area contributed by atoms with E-state index >= 15 is 0 Å². The number of halogens is 1. The second-order valence-electron chi connectivity index (χ2n) is 4.30. The van der Waals surface area contributed by atoms with Crippen molar-refractivity contribution in [3.8, 4) is 0 Å². The Bertz CT molecular complexity index is 317. The summed E-state index contributed by atoms with van der Waals surface area (Å²) in [5, 5.41) is 0. The van der Waals surface area contributed by atoms with Gasteiger partial charge in [0.25, 0.3) is 0 Å². The van der Waals surface area contributed by atoms with Crippen LogP contribution in [-0.4, -0.2) is 37.4 Å². The highest BCUT2D eigenvalue weighted by Crippen LogP contribution is 2.18. The Kier molecular flexibility index (Phi) is 3.91. The van der Waals surface area contributed by atoms with Crippen molar-refractivity contribution in [2.24, 2.45) is 0 Å². The highest BCUT2D eigenvalue weighted by atomic mass is 19.1. The van der Waals surface area contributed by atoms with E-state index in [0.29, 0.717) is 6.54 Å². The van der Waals surface area contributed by atoms with E-state index in [4.69, 9.17) is 4.74 Å². The first-order chi connectivity index (χ1) is 7.79. The molecule has 0 N–H and O–H groups in total. The first kappa shape index (κ1) is 11.6. The molecule has 0 aromatic heterocycles. The molecule has 0 saturated carbocycles. The molecule has 2 nitrogen and oxygen atoms in total. The van der Waals surface area contributed by atoms with Crippen LogP contribution in [0.2, 0.25) is 0 Å². The standard InChI is InChI=1S/C13H18FNO/c1-16-13-7-8-15(10-12(13)14)9-11-5-3-2-4-6-11/h2-6,12-13H,7-10H2,1H3. The van der Waals surface area contributed by atoms with E-state index in [2.05, 4.69) is 17.0 Å². The van der Waals surface area contributed by atoms with Crippen LogP contribution in [0.1, 0.15) is 12.0 Å². The van der Waals surface area contributed by atoms with Gasteiger partial charge in [0.1, 0.15) is 6.17 Å². The highest BCUT2D eigenvalue weighted by Gasteiger charge is 2.28. The maximum Gasteiger partial charge on any atom is 0.139 e. The topological polar surface area (TPSA) is 12.5 Å². The van der Waals surface area contributed by atoms with Gasteiger partial charge in [-0.1, -0.05) is 30.3 Å². The lowest BCUT2D eigenvalue weighted by molar-refractivity contribution is -0.0240. The minimum Gasteiger partial charge on any atom is -0.378 e. The molecule has 0 amide bonds. The fourth-order valence-electron chi connectivity index (χ4n) is 2.20. The summed E-state index contributed by atoms with van der Waals surface area (Å²) in [5.74, 6) is 0. The molecular formula is C13H18FNO. The number of rotatable bonds is 3. The maximum atomic E-state index is 13.6. The van der Waals surface area contributed by atoms with Crippen LogP contribution in [0.25, 0.3) is 0 Å². The van der Waals surface area contributed by atoms with E-state index in [1.165, 1.54) is 5.56 Å². The summed E-state index contributed by atoms with van der Waals surface area (Å²) in [7, 11) is 1.59. The van der Waals surface area contributed by atoms with Crippen molar-refractivity contribution < 1.29 is 9.13 Å². The molecular weight excluding hydrogens is 205 g/mol. The van der Waals surface area contributed by atoms with Gasteiger partial charge in [0.2, 0.25) is 0 Å². The lowest BCUT2D eigenvalue weighted by Crippen LogP contribution is -2.44. The molecule has 2 rings (SSSR count). The minimum absolute atomic E-state index is 0.216. The van der Waals surface area contributed by atoms with Crippen LogP contribution in [0.4, 0.5) is 4.39 Å². The summed E-state index contributed by atoms with van der Waals surface area (Å²) < 4.78 is 18.7. The molecule has 1 heterocycles. The smallest absolute Gasteiger partial charge is 0.139 e. The summed E-state index contributed by atoms with van der Waals surface area (Å²) in [6.07, 6.45) is -0.292. The highest BCUT2D eigenvalue weighted by molar-refractivity contribution is 5.14. The Hall–Kier alpha value is -0.930. The van der Waals surface area contributed by atoms with Gasteiger partial charge in [-0.15, -0.1) is 0 Å². The predicted molar refractivity (Wildman–Crippen MR) is 62.0 cm³/mol. The molecule has 0 radical (unpaired) electrons. The first-order valence-electron chi connectivity index (χ1n) is 5.72. The fraction of sp³-hybridized carbons (Fsp3) is 0.538. The summed E-state index contributed by atoms with van der Waals surface area (Å²) in [4.78, 5) is 2.15. The number of alkyl halides is 1. The maximum absolute atomic E-state index is 13.6. The van der Waals surface area contributed by atoms with Crippen molar-refractivity contribution in [2.75, 3.05) is 20.2 Å². The molecule has 88 valence electrons. The van der Waals surface area contributed by atoms with Gasteiger partial charge in [-0.25, -0.2) is 4.39 Å². The summed E-state index contributed by atoms with van der Waals surface area (Å²) in [6.45, 7) is 2.22. The summed E-state index contributed by atoms with van der Waals surface area (Å²) in [6, 6.07) is 10.2. The molecule has 16 heavy (non-hydrogen) atoms. The third kappa shape index (κ3) is 2.80. The molecule has 2 atom stereocenters. The van der Waals surface area contributed by atoms with Crippen LogP contribution in [0.15, 0.2) is 30.3 Å². The van der Waals surface area contributed by atoms with Crippen LogP contribution < -0.4 is 0 Å². The predicted octanol–water partition coefficient (Wildman–Crippen LogP) is 2.25. The Balaban J connectivity index is 1.89. The molecule has 0 spiro atoms. The van der Waals surface area contributed by atoms with E-state index in [9.17, 15) is 4.39 Å². The van der Waals surface area contributed by atoms with E-state index in [1.807, 2.05) is 18.2 Å². The van der Waals surface area contributed by atoms with Gasteiger partial charge >= 0.3 is 0 Å². The van der Waals surface area contributed by atoms with Crippen molar-refractivity contribution in [1.29, 1.82) is 0 Å². The number of likely N-dealkylation sites (tertiary alicyclic amines) is 1. The van der Waals surface area contributed by atoms with Crippen molar-refractivity contribution in [2.45, 2.75) is 25.2 Å². The van der Waals surface area contributed by atoms with Crippen LogP contribution in [-0.2, 0) is 11.3 Å². The molecule has 1 aliphatic heterocycles. The van der Waals surface area contributed by atoms with Crippen LogP contribution in [0.3, 0.4) is 0 Å². The monoisotopic (exact) mass is 223 g/mol. The number of nitrogens with zero attached hydrogens (tertiary/aromatic N) is 1. The number of hydrogen-bond donors (Lipinski definition) is 0. The number of ether oxygens (including phenoxy) is 1. The van der Waals surface area contributed by atoms with Gasteiger partial charge in [-0.2, -0.15) is 0 Å². The lowest BCUT2D eigenvalue weighted by Gasteiger charge is -2.33. The second kappa shape index (κ2) is 5.41. The zero-order valence-electron chi connectivity index (χ0n) is 9.60. The molecule has 0 bridgehead atoms. The van der Waals surface area contributed by atoms with Crippen molar-refractivity contribution in [3.63, 3.8) is 0 Å². The normalized spacial score (nSPS) is 26.9. The average Bonchev–Trinajstić information content (AvgIpc) is 2.31. The number of methoxy groups -OCH3 is 1. The number of hydrogen-bond acceptors (Lipinski definition) is 2.